The first-order chi connectivity index (χ1) is 7.69. The molecule has 0 bridgehead atoms. The van der Waals surface area contributed by atoms with E-state index in [0.717, 1.165) is 0 Å². The van der Waals surface area contributed by atoms with Gasteiger partial charge in [-0.2, -0.15) is 0 Å². The number of nitrogens with zero attached hydrogens (tertiary/aromatic N) is 1. The second kappa shape index (κ2) is 6.12. The summed E-state index contributed by atoms with van der Waals surface area (Å²) in [5, 5.41) is 10.8. The zero-order valence-corrected chi connectivity index (χ0v) is 9.61. The van der Waals surface area contributed by atoms with Crippen LogP contribution in [0.15, 0.2) is 24.3 Å². The van der Waals surface area contributed by atoms with E-state index in [1.54, 1.807) is 18.2 Å². The number of alkyl halides is 1. The molecule has 0 aliphatic carbocycles. The Balaban J connectivity index is 3.03. The highest BCUT2D eigenvalue weighted by molar-refractivity contribution is 6.17. The normalized spacial score (nSPS) is 10.6. The molecule has 1 rings (SSSR count). The van der Waals surface area contributed by atoms with Gasteiger partial charge in [0.05, 0.1) is 23.7 Å². The fourth-order valence-corrected chi connectivity index (χ4v) is 1.35. The van der Waals surface area contributed by atoms with Gasteiger partial charge in [-0.05, 0) is 18.6 Å². The first kappa shape index (κ1) is 12.5. The highest BCUT2D eigenvalue weighted by atomic mass is 35.5. The van der Waals surface area contributed by atoms with Gasteiger partial charge in [0, 0.05) is 5.88 Å². The third-order valence-electron chi connectivity index (χ3n) is 2.01. The molecule has 16 heavy (non-hydrogen) atoms. The van der Waals surface area contributed by atoms with Gasteiger partial charge in [0.2, 0.25) is 0 Å². The van der Waals surface area contributed by atoms with E-state index in [0.29, 0.717) is 23.6 Å². The highest BCUT2D eigenvalue weighted by Crippen LogP contribution is 2.25. The van der Waals surface area contributed by atoms with Gasteiger partial charge in [0.15, 0.2) is 0 Å². The minimum Gasteiger partial charge on any atom is -0.497 e. The van der Waals surface area contributed by atoms with E-state index < -0.39 is 4.92 Å². The molecule has 1 aromatic rings. The standard InChI is InChI=1S/C11H12ClNO3/c1-16-10-6-5-9(4-2-3-7-12)11(8-10)13(14)15/h2,4-6,8H,3,7H2,1H3. The van der Waals surface area contributed by atoms with Gasteiger partial charge < -0.3 is 4.74 Å². The molecule has 4 nitrogen and oxygen atoms in total. The van der Waals surface area contributed by atoms with Crippen molar-refractivity contribution >= 4 is 23.4 Å². The number of nitro benzene ring substituents is 1. The predicted octanol–water partition coefficient (Wildman–Crippen LogP) is 3.25. The monoisotopic (exact) mass is 241 g/mol. The third kappa shape index (κ3) is 3.24. The van der Waals surface area contributed by atoms with Crippen molar-refractivity contribution < 1.29 is 9.66 Å². The summed E-state index contributed by atoms with van der Waals surface area (Å²) in [7, 11) is 1.47. The van der Waals surface area contributed by atoms with Gasteiger partial charge >= 0.3 is 0 Å². The molecule has 0 aliphatic heterocycles. The Bertz CT molecular complexity index is 404. The Kier molecular flexibility index (Phi) is 4.79. The van der Waals surface area contributed by atoms with Crippen LogP contribution in [0.1, 0.15) is 12.0 Å². The smallest absolute Gasteiger partial charge is 0.280 e. The minimum absolute atomic E-state index is 0.0326. The molecular formula is C11H12ClNO3. The van der Waals surface area contributed by atoms with Crippen molar-refractivity contribution in [1.82, 2.24) is 0 Å². The van der Waals surface area contributed by atoms with E-state index in [9.17, 15) is 10.1 Å². The van der Waals surface area contributed by atoms with Crippen LogP contribution in [0.4, 0.5) is 5.69 Å². The maximum Gasteiger partial charge on any atom is 0.280 e. The molecule has 0 saturated carbocycles. The summed E-state index contributed by atoms with van der Waals surface area (Å²) in [4.78, 5) is 10.4. The first-order valence-electron chi connectivity index (χ1n) is 4.74. The van der Waals surface area contributed by atoms with Gasteiger partial charge in [-0.1, -0.05) is 12.2 Å². The van der Waals surface area contributed by atoms with Crippen LogP contribution in [0, 0.1) is 10.1 Å². The Labute approximate surface area is 98.6 Å². The highest BCUT2D eigenvalue weighted by Gasteiger charge is 2.12. The van der Waals surface area contributed by atoms with E-state index in [-0.39, 0.29) is 5.69 Å². The van der Waals surface area contributed by atoms with Gasteiger partial charge in [-0.3, -0.25) is 10.1 Å². The zero-order valence-electron chi connectivity index (χ0n) is 8.85. The van der Waals surface area contributed by atoms with Crippen molar-refractivity contribution in [3.63, 3.8) is 0 Å². The summed E-state index contributed by atoms with van der Waals surface area (Å²) >= 11 is 5.51. The summed E-state index contributed by atoms with van der Waals surface area (Å²) in [6, 6.07) is 4.75. The van der Waals surface area contributed by atoms with Crippen LogP contribution >= 0.6 is 11.6 Å². The van der Waals surface area contributed by atoms with E-state index in [1.807, 2.05) is 6.08 Å². The lowest BCUT2D eigenvalue weighted by molar-refractivity contribution is -0.385. The average molecular weight is 242 g/mol. The molecule has 5 heteroatoms. The maximum absolute atomic E-state index is 10.8. The Morgan fingerprint density at radius 3 is 2.88 bits per heavy atom. The molecule has 0 spiro atoms. The molecule has 0 saturated heterocycles. The Hall–Kier alpha value is -1.55. The molecule has 0 N–H and O–H groups in total. The fraction of sp³-hybridized carbons (Fsp3) is 0.273. The molecule has 0 unspecified atom stereocenters. The van der Waals surface area contributed by atoms with E-state index >= 15 is 0 Å². The number of halogens is 1. The molecule has 0 aliphatic rings. The Morgan fingerprint density at radius 1 is 1.56 bits per heavy atom. The van der Waals surface area contributed by atoms with Gasteiger partial charge in [0.1, 0.15) is 5.75 Å². The van der Waals surface area contributed by atoms with Crippen LogP contribution in [0.3, 0.4) is 0 Å². The number of methoxy groups -OCH3 is 1. The predicted molar refractivity (Wildman–Crippen MR) is 64.0 cm³/mol. The summed E-state index contributed by atoms with van der Waals surface area (Å²) < 4.78 is 4.94. The van der Waals surface area contributed by atoms with Crippen LogP contribution < -0.4 is 4.74 Å². The van der Waals surface area contributed by atoms with Crippen molar-refractivity contribution in [3.8, 4) is 5.75 Å². The molecular weight excluding hydrogens is 230 g/mol. The lowest BCUT2D eigenvalue weighted by atomic mass is 10.1. The van der Waals surface area contributed by atoms with Crippen LogP contribution in [0.5, 0.6) is 5.75 Å². The van der Waals surface area contributed by atoms with Gasteiger partial charge in [-0.15, -0.1) is 11.6 Å². The Morgan fingerprint density at radius 2 is 2.31 bits per heavy atom. The molecule has 0 fully saturated rings. The number of hydrogen-bond acceptors (Lipinski definition) is 3. The second-order valence-electron chi connectivity index (χ2n) is 3.06. The van der Waals surface area contributed by atoms with Crippen molar-refractivity contribution in [2.75, 3.05) is 13.0 Å². The summed E-state index contributed by atoms with van der Waals surface area (Å²) in [5.41, 5.74) is 0.584. The lowest BCUT2D eigenvalue weighted by Crippen LogP contribution is -1.93. The van der Waals surface area contributed by atoms with Crippen molar-refractivity contribution in [3.05, 3.63) is 40.0 Å². The minimum atomic E-state index is -0.428. The topological polar surface area (TPSA) is 52.4 Å². The number of rotatable bonds is 5. The summed E-state index contributed by atoms with van der Waals surface area (Å²) in [5.74, 6) is 0.974. The quantitative estimate of drug-likeness (QED) is 0.452. The van der Waals surface area contributed by atoms with Crippen LogP contribution in [-0.2, 0) is 0 Å². The molecule has 0 atom stereocenters. The van der Waals surface area contributed by atoms with Gasteiger partial charge in [0.25, 0.3) is 5.69 Å². The molecule has 0 amide bonds. The molecule has 1 aromatic carbocycles. The summed E-state index contributed by atoms with van der Waals surface area (Å²) in [6.45, 7) is 0. The SMILES string of the molecule is COc1ccc(C=CCCCl)c([N+](=O)[O-])c1. The lowest BCUT2D eigenvalue weighted by Gasteiger charge is -2.01. The number of benzene rings is 1. The van der Waals surface area contributed by atoms with Crippen molar-refractivity contribution in [2.45, 2.75) is 6.42 Å². The van der Waals surface area contributed by atoms with E-state index in [2.05, 4.69) is 0 Å². The fourth-order valence-electron chi connectivity index (χ4n) is 1.22. The van der Waals surface area contributed by atoms with Crippen molar-refractivity contribution in [2.24, 2.45) is 0 Å². The maximum atomic E-state index is 10.8. The van der Waals surface area contributed by atoms with Gasteiger partial charge in [-0.25, -0.2) is 0 Å². The van der Waals surface area contributed by atoms with Crippen molar-refractivity contribution in [1.29, 1.82) is 0 Å². The largest absolute Gasteiger partial charge is 0.497 e. The third-order valence-corrected chi connectivity index (χ3v) is 2.23. The van der Waals surface area contributed by atoms with Crippen LogP contribution in [0.25, 0.3) is 6.08 Å². The molecule has 0 heterocycles. The van der Waals surface area contributed by atoms with Crippen LogP contribution in [-0.4, -0.2) is 17.9 Å². The number of allylic oxidation sites excluding steroid dienone is 1. The van der Waals surface area contributed by atoms with E-state index in [1.165, 1.54) is 13.2 Å². The zero-order chi connectivity index (χ0) is 12.0. The number of nitro groups is 1. The number of hydrogen-bond donors (Lipinski definition) is 0. The molecule has 86 valence electrons. The first-order valence-corrected chi connectivity index (χ1v) is 5.27. The van der Waals surface area contributed by atoms with Crippen LogP contribution in [0.2, 0.25) is 0 Å². The second-order valence-corrected chi connectivity index (χ2v) is 3.44. The summed E-state index contributed by atoms with van der Waals surface area (Å²) in [6.07, 6.45) is 4.19. The average Bonchev–Trinajstić information content (AvgIpc) is 2.29. The molecule has 0 radical (unpaired) electrons. The van der Waals surface area contributed by atoms with E-state index in [4.69, 9.17) is 16.3 Å². The molecule has 0 aromatic heterocycles. The number of ether oxygens (including phenoxy) is 1.